The molecule has 6 atom stereocenters. The molecular weight excluding hydrogens is 769 g/mol. The number of hydrogen-bond acceptors (Lipinski definition) is 4. The molecule has 2 aromatic carbocycles. The van der Waals surface area contributed by atoms with Gasteiger partial charge in [0.15, 0.2) is 0 Å². The van der Waals surface area contributed by atoms with Crippen LogP contribution in [0.4, 0.5) is 0 Å². The van der Waals surface area contributed by atoms with E-state index < -0.39 is 0 Å². The van der Waals surface area contributed by atoms with Gasteiger partial charge in [-0.1, -0.05) is 119 Å². The molecule has 11 rings (SSSR count). The molecule has 0 spiro atoms. The average Bonchev–Trinajstić information content (AvgIpc) is 3.13. The molecule has 8 bridgehead atoms. The number of thioether (sulfide) groups is 2. The van der Waals surface area contributed by atoms with Crippen LogP contribution in [0, 0.1) is 46.3 Å². The predicted molar refractivity (Wildman–Crippen MR) is 259 cm³/mol. The van der Waals surface area contributed by atoms with Crippen LogP contribution in [0.5, 0.6) is 11.5 Å². The third-order valence-corrected chi connectivity index (χ3v) is 22.1. The Labute approximate surface area is 375 Å². The van der Waals surface area contributed by atoms with Crippen molar-refractivity contribution in [3.05, 3.63) is 57.6 Å². The number of phenols is 2. The fourth-order valence-electron chi connectivity index (χ4n) is 16.1. The maximum Gasteiger partial charge on any atom is 0.123 e. The van der Waals surface area contributed by atoms with Crippen molar-refractivity contribution in [2.45, 2.75) is 228 Å². The normalized spacial score (nSPS) is 37.6. The van der Waals surface area contributed by atoms with Crippen LogP contribution >= 0.6 is 23.5 Å². The predicted octanol–water partition coefficient (Wildman–Crippen LogP) is 15.9. The third kappa shape index (κ3) is 7.86. The summed E-state index contributed by atoms with van der Waals surface area (Å²) in [6, 6.07) is 9.78. The van der Waals surface area contributed by atoms with Crippen molar-refractivity contribution < 1.29 is 10.2 Å². The molecule has 9 aliphatic carbocycles. The highest BCUT2D eigenvalue weighted by Gasteiger charge is 2.61. The second kappa shape index (κ2) is 15.7. The number of rotatable bonds is 10. The molecule has 2 N–H and O–H groups in total. The van der Waals surface area contributed by atoms with E-state index in [-0.39, 0.29) is 21.7 Å². The van der Waals surface area contributed by atoms with Crippen LogP contribution < -0.4 is 0 Å². The standard InChI is InChI=1S/C56H84O2S2/c1-35(2)53-23-37-17-38(24-53)28-55(27-37,33-53)45-21-43(51(5,6)7)19-41(49(45)57)31-59-47-15-13-11-12-14-16-48(47)60-32-42-20-44(52(8,9)10)22-46(50(42)58)56-29-39-18-40(30-56)26-54(25-39,34-56)36(3)4/h19-22,35-40,47-48,57-58H,11-18,23-34H2,1-10H3/t37?,38?,39?,40?,47-,48?,53?,54?,55?,56?/m0/s1. The number of aromatic hydroxyl groups is 2. The van der Waals surface area contributed by atoms with Gasteiger partial charge >= 0.3 is 0 Å². The minimum atomic E-state index is 0.0342. The molecule has 60 heavy (non-hydrogen) atoms. The maximum atomic E-state index is 12.5. The monoisotopic (exact) mass is 853 g/mol. The van der Waals surface area contributed by atoms with Gasteiger partial charge in [0.2, 0.25) is 0 Å². The summed E-state index contributed by atoms with van der Waals surface area (Å²) in [5, 5.41) is 26.2. The van der Waals surface area contributed by atoms with Gasteiger partial charge in [-0.3, -0.25) is 0 Å². The van der Waals surface area contributed by atoms with Gasteiger partial charge in [-0.25, -0.2) is 0 Å². The van der Waals surface area contributed by atoms with Crippen LogP contribution in [0.3, 0.4) is 0 Å². The van der Waals surface area contributed by atoms with Crippen molar-refractivity contribution in [2.24, 2.45) is 46.3 Å². The van der Waals surface area contributed by atoms with Gasteiger partial charge < -0.3 is 10.2 Å². The van der Waals surface area contributed by atoms with E-state index in [0.29, 0.717) is 44.7 Å². The van der Waals surface area contributed by atoms with E-state index in [2.05, 4.69) is 117 Å². The summed E-state index contributed by atoms with van der Waals surface area (Å²) in [4.78, 5) is 0. The van der Waals surface area contributed by atoms with E-state index in [9.17, 15) is 10.2 Å². The largest absolute Gasteiger partial charge is 0.507 e. The van der Waals surface area contributed by atoms with Gasteiger partial charge in [0.05, 0.1) is 0 Å². The Morgan fingerprint density at radius 1 is 0.533 bits per heavy atom. The topological polar surface area (TPSA) is 40.5 Å². The molecule has 4 heteroatoms. The Bertz CT molecular complexity index is 1740. The third-order valence-electron chi connectivity index (χ3n) is 19.0. The van der Waals surface area contributed by atoms with Crippen molar-refractivity contribution in [1.29, 1.82) is 0 Å². The first-order valence-electron chi connectivity index (χ1n) is 25.2. The van der Waals surface area contributed by atoms with E-state index in [4.69, 9.17) is 0 Å². The fourth-order valence-corrected chi connectivity index (χ4v) is 19.2. The Kier molecular flexibility index (Phi) is 11.5. The van der Waals surface area contributed by atoms with Gasteiger partial charge in [-0.05, 0) is 158 Å². The average molecular weight is 853 g/mol. The molecule has 9 fully saturated rings. The second-order valence-electron chi connectivity index (χ2n) is 25.8. The first-order valence-corrected chi connectivity index (χ1v) is 27.3. The smallest absolute Gasteiger partial charge is 0.123 e. The second-order valence-corrected chi connectivity index (χ2v) is 28.2. The molecule has 0 radical (unpaired) electrons. The van der Waals surface area contributed by atoms with E-state index in [1.165, 1.54) is 149 Å². The lowest BCUT2D eigenvalue weighted by Gasteiger charge is -2.64. The first-order chi connectivity index (χ1) is 28.2. The fraction of sp³-hybridized carbons (Fsp3) is 0.786. The molecule has 9 aliphatic rings. The summed E-state index contributed by atoms with van der Waals surface area (Å²) in [5.74, 6) is 7.76. The molecule has 332 valence electrons. The summed E-state index contributed by atoms with van der Waals surface area (Å²) >= 11 is 4.30. The highest BCUT2D eigenvalue weighted by atomic mass is 32.2. The molecule has 9 saturated carbocycles. The Morgan fingerprint density at radius 2 is 0.883 bits per heavy atom. The molecule has 0 aromatic heterocycles. The van der Waals surface area contributed by atoms with Gasteiger partial charge in [-0.15, -0.1) is 0 Å². The van der Waals surface area contributed by atoms with Crippen LogP contribution in [-0.4, -0.2) is 20.7 Å². The highest BCUT2D eigenvalue weighted by Crippen LogP contribution is 2.70. The van der Waals surface area contributed by atoms with Crippen molar-refractivity contribution in [2.75, 3.05) is 0 Å². The summed E-state index contributed by atoms with van der Waals surface area (Å²) < 4.78 is 0. The lowest BCUT2D eigenvalue weighted by Crippen LogP contribution is -2.55. The zero-order chi connectivity index (χ0) is 42.6. The van der Waals surface area contributed by atoms with Gasteiger partial charge in [-0.2, -0.15) is 23.5 Å². The van der Waals surface area contributed by atoms with Crippen molar-refractivity contribution in [1.82, 2.24) is 0 Å². The van der Waals surface area contributed by atoms with E-state index in [0.717, 1.165) is 35.2 Å². The Morgan fingerprint density at radius 3 is 1.20 bits per heavy atom. The minimum Gasteiger partial charge on any atom is -0.507 e. The lowest BCUT2D eigenvalue weighted by atomic mass is 9.41. The molecule has 0 heterocycles. The van der Waals surface area contributed by atoms with Crippen LogP contribution in [0.2, 0.25) is 0 Å². The highest BCUT2D eigenvalue weighted by molar-refractivity contribution is 8.03. The van der Waals surface area contributed by atoms with Crippen LogP contribution in [0.15, 0.2) is 24.3 Å². The first kappa shape index (κ1) is 44.0. The molecule has 2 nitrogen and oxygen atoms in total. The van der Waals surface area contributed by atoms with Crippen molar-refractivity contribution >= 4 is 23.5 Å². The van der Waals surface area contributed by atoms with Crippen molar-refractivity contribution in [3.63, 3.8) is 0 Å². The molecule has 0 saturated heterocycles. The zero-order valence-electron chi connectivity index (χ0n) is 39.8. The summed E-state index contributed by atoms with van der Waals surface area (Å²) in [6.07, 6.45) is 23.9. The Hall–Kier alpha value is -1.26. The van der Waals surface area contributed by atoms with E-state index >= 15 is 0 Å². The zero-order valence-corrected chi connectivity index (χ0v) is 41.4. The molecule has 0 amide bonds. The van der Waals surface area contributed by atoms with Crippen LogP contribution in [-0.2, 0) is 33.2 Å². The summed E-state index contributed by atoms with van der Waals surface area (Å²) in [6.45, 7) is 24.2. The van der Waals surface area contributed by atoms with Crippen LogP contribution in [0.25, 0.3) is 0 Å². The Balaban J connectivity index is 0.994. The molecular formula is C56H84O2S2. The SMILES string of the molecule is CC(C)C12CC3CC(CC(c4cc(C(C)(C)C)cc(CSC5CCCCCC[C@@H]5SCc5cc(C(C)(C)C)cc(C67CC8CC(C6)CC(C(C)C)(C8)C7)c5O)c4O)(C3)C1)C2. The molecule has 0 aliphatic heterocycles. The number of benzene rings is 2. The minimum absolute atomic E-state index is 0.0342. The lowest BCUT2D eigenvalue weighted by molar-refractivity contribution is -0.0968. The van der Waals surface area contributed by atoms with Gasteiger partial charge in [0, 0.05) is 55.1 Å². The maximum absolute atomic E-state index is 12.5. The van der Waals surface area contributed by atoms with E-state index in [1.807, 2.05) is 0 Å². The number of hydrogen-bond donors (Lipinski definition) is 2. The summed E-state index contributed by atoms with van der Waals surface area (Å²) in [5.41, 5.74) is 9.05. The van der Waals surface area contributed by atoms with Crippen molar-refractivity contribution in [3.8, 4) is 11.5 Å². The van der Waals surface area contributed by atoms with Gasteiger partial charge in [0.25, 0.3) is 0 Å². The van der Waals surface area contributed by atoms with Gasteiger partial charge in [0.1, 0.15) is 11.5 Å². The number of phenolic OH excluding ortho intramolecular Hbond substituents is 2. The summed E-state index contributed by atoms with van der Waals surface area (Å²) in [7, 11) is 0. The van der Waals surface area contributed by atoms with E-state index in [1.54, 1.807) is 0 Å². The quantitative estimate of drug-likeness (QED) is 0.250. The molecule has 5 unspecified atom stereocenters. The van der Waals surface area contributed by atoms with Crippen LogP contribution in [0.1, 0.15) is 218 Å². The molecule has 2 aromatic rings.